The summed E-state index contributed by atoms with van der Waals surface area (Å²) in [5, 5.41) is 0. The van der Waals surface area contributed by atoms with Crippen LogP contribution in [0.4, 0.5) is 0 Å². The average Bonchev–Trinajstić information content (AvgIpc) is 4.12. The predicted molar refractivity (Wildman–Crippen MR) is 288 cm³/mol. The maximum absolute atomic E-state index is 7.62. The molecule has 10 aromatic carbocycles. The van der Waals surface area contributed by atoms with Crippen LogP contribution in [0.2, 0.25) is 0 Å². The monoisotopic (exact) mass is 892 g/mol. The van der Waals surface area contributed by atoms with E-state index >= 15 is 0 Å². The molecule has 1 unspecified atom stereocenters. The van der Waals surface area contributed by atoms with Crippen LogP contribution in [0, 0.1) is 0 Å². The second kappa shape index (κ2) is 15.5. The van der Waals surface area contributed by atoms with Crippen LogP contribution in [0.25, 0.3) is 78.3 Å². The maximum Gasteiger partial charge on any atom is 0.143 e. The highest BCUT2D eigenvalue weighted by Gasteiger charge is 2.55. The van der Waals surface area contributed by atoms with Gasteiger partial charge in [-0.3, -0.25) is 0 Å². The number of fused-ring (bicyclic) bond motifs is 13. The zero-order chi connectivity index (χ0) is 46.6. The van der Waals surface area contributed by atoms with Crippen LogP contribution in [-0.2, 0) is 10.8 Å². The van der Waals surface area contributed by atoms with Crippen molar-refractivity contribution in [1.82, 2.24) is 0 Å². The molecule has 70 heavy (non-hydrogen) atoms. The predicted octanol–water partition coefficient (Wildman–Crippen LogP) is 17.8. The molecule has 330 valence electrons. The van der Waals surface area contributed by atoms with E-state index in [1.807, 2.05) is 0 Å². The first-order valence-electron chi connectivity index (χ1n) is 24.6. The SMILES string of the molecule is CC1(C)c2ccccc2-c2ccc(C(c3ccc(-c4ccccc4)cc3)c3ccc(-c4oc(-c5ccccc5-c5ccccc5)c5c4C4(c6ccccc6-c6ccccc64)c4ccccc4-5)cc3)cc21. The second-order valence-corrected chi connectivity index (χ2v) is 19.8. The zero-order valence-corrected chi connectivity index (χ0v) is 39.2. The summed E-state index contributed by atoms with van der Waals surface area (Å²) >= 11 is 0. The molecule has 0 radical (unpaired) electrons. The molecule has 0 saturated heterocycles. The Hall–Kier alpha value is -8.52. The average molecular weight is 893 g/mol. The molecule has 3 aliphatic carbocycles. The van der Waals surface area contributed by atoms with E-state index in [0.717, 1.165) is 33.8 Å². The third kappa shape index (κ3) is 5.79. The summed E-state index contributed by atoms with van der Waals surface area (Å²) in [6.07, 6.45) is 0. The van der Waals surface area contributed by atoms with Crippen molar-refractivity contribution >= 4 is 0 Å². The van der Waals surface area contributed by atoms with Gasteiger partial charge in [0.2, 0.25) is 0 Å². The van der Waals surface area contributed by atoms with E-state index in [1.54, 1.807) is 0 Å². The van der Waals surface area contributed by atoms with Gasteiger partial charge >= 0.3 is 0 Å². The van der Waals surface area contributed by atoms with Crippen molar-refractivity contribution in [3.63, 3.8) is 0 Å². The molecule has 0 fully saturated rings. The normalized spacial score (nSPS) is 14.3. The lowest BCUT2D eigenvalue weighted by atomic mass is 9.70. The van der Waals surface area contributed by atoms with E-state index in [1.165, 1.54) is 94.6 Å². The Morgan fingerprint density at radius 1 is 0.300 bits per heavy atom. The van der Waals surface area contributed by atoms with E-state index < -0.39 is 5.41 Å². The summed E-state index contributed by atoms with van der Waals surface area (Å²) in [5.74, 6) is 1.80. The van der Waals surface area contributed by atoms with Crippen LogP contribution < -0.4 is 0 Å². The molecule has 1 heterocycles. The van der Waals surface area contributed by atoms with Crippen molar-refractivity contribution < 1.29 is 4.42 Å². The minimum atomic E-state index is -0.589. The summed E-state index contributed by atoms with van der Waals surface area (Å²) in [4.78, 5) is 0. The maximum atomic E-state index is 7.62. The van der Waals surface area contributed by atoms with E-state index in [0.29, 0.717) is 0 Å². The van der Waals surface area contributed by atoms with Gasteiger partial charge in [-0.05, 0) is 94.6 Å². The van der Waals surface area contributed by atoms with E-state index in [2.05, 4.69) is 263 Å². The number of hydrogen-bond acceptors (Lipinski definition) is 1. The molecule has 14 rings (SSSR count). The molecule has 0 N–H and O–H groups in total. The van der Waals surface area contributed by atoms with E-state index in [4.69, 9.17) is 4.42 Å². The van der Waals surface area contributed by atoms with Crippen molar-refractivity contribution in [1.29, 1.82) is 0 Å². The minimum absolute atomic E-state index is 0.0107. The highest BCUT2D eigenvalue weighted by molar-refractivity contribution is 6.03. The molecule has 0 bridgehead atoms. The fourth-order valence-electron chi connectivity index (χ4n) is 12.8. The highest BCUT2D eigenvalue weighted by atomic mass is 16.3. The first-order valence-corrected chi connectivity index (χ1v) is 24.6. The molecule has 1 spiro atoms. The summed E-state index contributed by atoms with van der Waals surface area (Å²) in [6, 6.07) is 92.1. The van der Waals surface area contributed by atoms with Gasteiger partial charge in [0.05, 0.1) is 5.41 Å². The van der Waals surface area contributed by atoms with Gasteiger partial charge in [-0.1, -0.05) is 263 Å². The van der Waals surface area contributed by atoms with Gasteiger partial charge in [-0.25, -0.2) is 0 Å². The van der Waals surface area contributed by atoms with Gasteiger partial charge in [0.1, 0.15) is 11.5 Å². The van der Waals surface area contributed by atoms with E-state index in [9.17, 15) is 0 Å². The molecule has 0 saturated carbocycles. The lowest BCUT2D eigenvalue weighted by Gasteiger charge is -2.30. The first-order chi connectivity index (χ1) is 34.5. The molecule has 0 amide bonds. The molecule has 1 aromatic heterocycles. The lowest BCUT2D eigenvalue weighted by molar-refractivity contribution is 0.588. The zero-order valence-electron chi connectivity index (χ0n) is 39.2. The summed E-state index contributed by atoms with van der Waals surface area (Å²) in [6.45, 7) is 4.75. The van der Waals surface area contributed by atoms with Gasteiger partial charge in [0.25, 0.3) is 0 Å². The highest BCUT2D eigenvalue weighted by Crippen LogP contribution is 2.67. The molecule has 1 nitrogen and oxygen atoms in total. The molecule has 3 aliphatic rings. The smallest absolute Gasteiger partial charge is 0.143 e. The Bertz CT molecular complexity index is 3790. The van der Waals surface area contributed by atoms with Crippen LogP contribution >= 0.6 is 0 Å². The fourth-order valence-corrected chi connectivity index (χ4v) is 12.8. The van der Waals surface area contributed by atoms with Crippen LogP contribution in [0.1, 0.15) is 69.8 Å². The molecule has 1 atom stereocenters. The van der Waals surface area contributed by atoms with Gasteiger partial charge in [0.15, 0.2) is 0 Å². The summed E-state index contributed by atoms with van der Waals surface area (Å²) < 4.78 is 7.62. The quantitative estimate of drug-likeness (QED) is 0.145. The minimum Gasteiger partial charge on any atom is -0.455 e. The van der Waals surface area contributed by atoms with Crippen molar-refractivity contribution in [2.75, 3.05) is 0 Å². The fraction of sp³-hybridized carbons (Fsp3) is 0.0725. The molecule has 0 aliphatic heterocycles. The Balaban J connectivity index is 0.986. The van der Waals surface area contributed by atoms with Gasteiger partial charge in [-0.15, -0.1) is 0 Å². The van der Waals surface area contributed by atoms with Crippen LogP contribution in [0.5, 0.6) is 0 Å². The number of hydrogen-bond donors (Lipinski definition) is 0. The Morgan fingerprint density at radius 2 is 0.714 bits per heavy atom. The molecular formula is C69H48O. The van der Waals surface area contributed by atoms with Crippen LogP contribution in [-0.4, -0.2) is 0 Å². The van der Waals surface area contributed by atoms with Crippen molar-refractivity contribution in [2.45, 2.75) is 30.6 Å². The third-order valence-corrected chi connectivity index (χ3v) is 15.9. The molecule has 11 aromatic rings. The Kier molecular flexibility index (Phi) is 8.98. The summed E-state index contributed by atoms with van der Waals surface area (Å²) in [7, 11) is 0. The molecular weight excluding hydrogens is 845 g/mol. The van der Waals surface area contributed by atoms with E-state index in [-0.39, 0.29) is 11.3 Å². The molecule has 1 heteroatoms. The second-order valence-electron chi connectivity index (χ2n) is 19.8. The summed E-state index contributed by atoms with van der Waals surface area (Å²) in [5.41, 5.74) is 25.4. The van der Waals surface area contributed by atoms with Crippen molar-refractivity contribution in [3.05, 3.63) is 299 Å². The lowest BCUT2D eigenvalue weighted by Crippen LogP contribution is -2.26. The Labute approximate surface area is 410 Å². The number of rotatable bonds is 7. The van der Waals surface area contributed by atoms with Gasteiger partial charge < -0.3 is 4.42 Å². The van der Waals surface area contributed by atoms with Gasteiger partial charge in [0, 0.05) is 33.6 Å². The topological polar surface area (TPSA) is 13.1 Å². The number of furan rings is 1. The van der Waals surface area contributed by atoms with Crippen molar-refractivity contribution in [2.24, 2.45) is 0 Å². The first kappa shape index (κ1) is 40.5. The number of benzene rings is 10. The van der Waals surface area contributed by atoms with Crippen LogP contribution in [0.15, 0.2) is 253 Å². The third-order valence-electron chi connectivity index (χ3n) is 15.9. The largest absolute Gasteiger partial charge is 0.455 e. The van der Waals surface area contributed by atoms with Crippen LogP contribution in [0.3, 0.4) is 0 Å². The van der Waals surface area contributed by atoms with Gasteiger partial charge in [-0.2, -0.15) is 0 Å². The Morgan fingerprint density at radius 3 is 1.31 bits per heavy atom. The standard InChI is InChI=1S/C69H48O/c1-68(2)58-29-15-11-24-52(58)55-42-41-50(43-62(55)68)63(47-35-33-45(34-36-47)44-19-5-3-6-20-44)48-37-39-49(40-38-48)66-65-64(67(70-66)56-27-10-9-23-51(56)46-21-7-4-8-22-46)57-28-14-18-32-61(57)69(65)59-30-16-12-25-53(59)54-26-13-17-31-60(54)69/h3-43,63H,1-2H3. The van der Waals surface area contributed by atoms with Crippen molar-refractivity contribution in [3.8, 4) is 78.3 Å².